The first-order valence-electron chi connectivity index (χ1n) is 10.0. The first-order valence-corrected chi connectivity index (χ1v) is 10.0. The quantitative estimate of drug-likeness (QED) is 0.871. The maximum Gasteiger partial charge on any atom is 0.245 e. The summed E-state index contributed by atoms with van der Waals surface area (Å²) >= 11 is 0. The normalized spacial score (nSPS) is 17.1. The van der Waals surface area contributed by atoms with Crippen molar-refractivity contribution in [3.8, 4) is 0 Å². The Kier molecular flexibility index (Phi) is 5.51. The maximum absolute atomic E-state index is 12.8. The standard InChI is InChI=1S/C23H26N4O2/c1-18-7-9-19(10-8-18)21-11-12-22(28)27(24-21)17-23(29)26-15-13-25(14-16-26)20-5-3-2-4-6-20/h2-11,24H,12-17H2,1H3. The van der Waals surface area contributed by atoms with Crippen molar-refractivity contribution in [3.63, 3.8) is 0 Å². The predicted molar refractivity (Wildman–Crippen MR) is 114 cm³/mol. The van der Waals surface area contributed by atoms with Gasteiger partial charge in [-0.2, -0.15) is 0 Å². The summed E-state index contributed by atoms with van der Waals surface area (Å²) < 4.78 is 0. The minimum atomic E-state index is -0.0860. The SMILES string of the molecule is Cc1ccc(C2=CCC(=O)N(CC(=O)N3CCN(c4ccccc4)CC3)N2)cc1. The van der Waals surface area contributed by atoms with Gasteiger partial charge in [0.15, 0.2) is 0 Å². The van der Waals surface area contributed by atoms with Crippen LogP contribution in [0, 0.1) is 6.92 Å². The van der Waals surface area contributed by atoms with E-state index in [-0.39, 0.29) is 18.4 Å². The number of benzene rings is 2. The molecule has 1 saturated heterocycles. The Labute approximate surface area is 171 Å². The van der Waals surface area contributed by atoms with E-state index < -0.39 is 0 Å². The summed E-state index contributed by atoms with van der Waals surface area (Å²) in [5, 5.41) is 1.45. The molecule has 2 aromatic carbocycles. The van der Waals surface area contributed by atoms with Gasteiger partial charge in [-0.05, 0) is 30.7 Å². The molecule has 2 aliphatic rings. The number of carbonyl (C=O) groups excluding carboxylic acids is 2. The lowest BCUT2D eigenvalue weighted by Gasteiger charge is -2.37. The molecule has 6 nitrogen and oxygen atoms in total. The Morgan fingerprint density at radius 1 is 0.966 bits per heavy atom. The summed E-state index contributed by atoms with van der Waals surface area (Å²) in [7, 11) is 0. The van der Waals surface area contributed by atoms with Gasteiger partial charge in [-0.3, -0.25) is 15.0 Å². The van der Waals surface area contributed by atoms with Gasteiger partial charge in [-0.25, -0.2) is 5.01 Å². The third-order valence-corrected chi connectivity index (χ3v) is 5.45. The van der Waals surface area contributed by atoms with Gasteiger partial charge in [-0.1, -0.05) is 48.0 Å². The highest BCUT2D eigenvalue weighted by atomic mass is 16.2. The van der Waals surface area contributed by atoms with E-state index in [1.165, 1.54) is 16.3 Å². The van der Waals surface area contributed by atoms with E-state index in [1.54, 1.807) is 0 Å². The van der Waals surface area contributed by atoms with Gasteiger partial charge in [0.1, 0.15) is 6.54 Å². The van der Waals surface area contributed by atoms with Crippen LogP contribution < -0.4 is 10.3 Å². The number of piperazine rings is 1. The van der Waals surface area contributed by atoms with E-state index in [0.29, 0.717) is 19.5 Å². The molecule has 0 spiro atoms. The fourth-order valence-corrected chi connectivity index (χ4v) is 3.68. The molecular weight excluding hydrogens is 364 g/mol. The largest absolute Gasteiger partial charge is 0.368 e. The predicted octanol–water partition coefficient (Wildman–Crippen LogP) is 2.42. The molecule has 6 heteroatoms. The van der Waals surface area contributed by atoms with Crippen molar-refractivity contribution in [1.29, 1.82) is 0 Å². The average molecular weight is 390 g/mol. The van der Waals surface area contributed by atoms with Gasteiger partial charge in [0.2, 0.25) is 11.8 Å². The molecule has 0 atom stereocenters. The first kappa shape index (κ1) is 19.1. The molecular formula is C23H26N4O2. The highest BCUT2D eigenvalue weighted by Crippen LogP contribution is 2.19. The Bertz CT molecular complexity index is 900. The lowest BCUT2D eigenvalue weighted by Crippen LogP contribution is -2.54. The first-order chi connectivity index (χ1) is 14.1. The van der Waals surface area contributed by atoms with E-state index in [0.717, 1.165) is 24.4 Å². The topological polar surface area (TPSA) is 55.9 Å². The molecule has 2 amide bonds. The molecule has 0 unspecified atom stereocenters. The zero-order chi connectivity index (χ0) is 20.2. The molecule has 0 bridgehead atoms. The van der Waals surface area contributed by atoms with Crippen molar-refractivity contribution in [2.75, 3.05) is 37.6 Å². The molecule has 1 N–H and O–H groups in total. The number of hydrazine groups is 1. The minimum absolute atomic E-state index is 0.0243. The molecule has 2 aliphatic heterocycles. The third-order valence-electron chi connectivity index (χ3n) is 5.45. The molecule has 150 valence electrons. The highest BCUT2D eigenvalue weighted by Gasteiger charge is 2.26. The number of carbonyl (C=O) groups is 2. The number of para-hydroxylation sites is 1. The van der Waals surface area contributed by atoms with Crippen LogP contribution in [0.25, 0.3) is 5.70 Å². The van der Waals surface area contributed by atoms with Crippen LogP contribution in [-0.2, 0) is 9.59 Å². The van der Waals surface area contributed by atoms with Crippen LogP contribution in [0.15, 0.2) is 60.7 Å². The van der Waals surface area contributed by atoms with Crippen molar-refractivity contribution >= 4 is 23.2 Å². The van der Waals surface area contributed by atoms with Crippen LogP contribution in [0.1, 0.15) is 17.5 Å². The summed E-state index contributed by atoms with van der Waals surface area (Å²) in [6.45, 7) is 5.01. The Morgan fingerprint density at radius 3 is 2.34 bits per heavy atom. The molecule has 4 rings (SSSR count). The zero-order valence-corrected chi connectivity index (χ0v) is 16.7. The number of aryl methyl sites for hydroxylation is 1. The van der Waals surface area contributed by atoms with E-state index in [2.05, 4.69) is 22.5 Å². The molecule has 0 aromatic heterocycles. The average Bonchev–Trinajstić information content (AvgIpc) is 2.76. The number of nitrogens with one attached hydrogen (secondary N) is 1. The van der Waals surface area contributed by atoms with Crippen molar-refractivity contribution in [2.45, 2.75) is 13.3 Å². The van der Waals surface area contributed by atoms with Gasteiger partial charge < -0.3 is 9.80 Å². The van der Waals surface area contributed by atoms with Gasteiger partial charge >= 0.3 is 0 Å². The third kappa shape index (κ3) is 4.42. The number of amides is 2. The molecule has 0 saturated carbocycles. The zero-order valence-electron chi connectivity index (χ0n) is 16.7. The van der Waals surface area contributed by atoms with Crippen molar-refractivity contribution in [3.05, 3.63) is 71.8 Å². The van der Waals surface area contributed by atoms with Gasteiger partial charge in [-0.15, -0.1) is 0 Å². The van der Waals surface area contributed by atoms with Gasteiger partial charge in [0.05, 0.1) is 5.70 Å². The fraction of sp³-hybridized carbons (Fsp3) is 0.304. The number of anilines is 1. The molecule has 0 radical (unpaired) electrons. The monoisotopic (exact) mass is 390 g/mol. The van der Waals surface area contributed by atoms with Crippen molar-refractivity contribution < 1.29 is 9.59 Å². The summed E-state index contributed by atoms with van der Waals surface area (Å²) in [4.78, 5) is 29.2. The van der Waals surface area contributed by atoms with E-state index in [9.17, 15) is 9.59 Å². The van der Waals surface area contributed by atoms with Gasteiger partial charge in [0.25, 0.3) is 0 Å². The van der Waals surface area contributed by atoms with Crippen LogP contribution in [0.5, 0.6) is 0 Å². The second-order valence-corrected chi connectivity index (χ2v) is 7.48. The Hall–Kier alpha value is -3.28. The van der Waals surface area contributed by atoms with Gasteiger partial charge in [0, 0.05) is 38.3 Å². The van der Waals surface area contributed by atoms with E-state index in [4.69, 9.17) is 0 Å². The molecule has 1 fully saturated rings. The van der Waals surface area contributed by atoms with Crippen LogP contribution in [-0.4, -0.2) is 54.4 Å². The Balaban J connectivity index is 1.34. The second-order valence-electron chi connectivity index (χ2n) is 7.48. The highest BCUT2D eigenvalue weighted by molar-refractivity contribution is 5.88. The molecule has 2 heterocycles. The van der Waals surface area contributed by atoms with Crippen molar-refractivity contribution in [2.24, 2.45) is 0 Å². The van der Waals surface area contributed by atoms with Crippen LogP contribution in [0.3, 0.4) is 0 Å². The van der Waals surface area contributed by atoms with Crippen molar-refractivity contribution in [1.82, 2.24) is 15.3 Å². The number of nitrogens with zero attached hydrogens (tertiary/aromatic N) is 3. The smallest absolute Gasteiger partial charge is 0.245 e. The summed E-state index contributed by atoms with van der Waals surface area (Å²) in [6.07, 6.45) is 2.18. The molecule has 2 aromatic rings. The maximum atomic E-state index is 12.8. The lowest BCUT2D eigenvalue weighted by atomic mass is 10.1. The summed E-state index contributed by atoms with van der Waals surface area (Å²) in [6, 6.07) is 18.4. The van der Waals surface area contributed by atoms with E-state index >= 15 is 0 Å². The number of hydrogen-bond donors (Lipinski definition) is 1. The molecule has 29 heavy (non-hydrogen) atoms. The van der Waals surface area contributed by atoms with Crippen LogP contribution in [0.2, 0.25) is 0 Å². The lowest BCUT2D eigenvalue weighted by molar-refractivity contribution is -0.142. The minimum Gasteiger partial charge on any atom is -0.368 e. The number of hydrogen-bond acceptors (Lipinski definition) is 4. The summed E-state index contributed by atoms with van der Waals surface area (Å²) in [5.41, 5.74) is 7.37. The van der Waals surface area contributed by atoms with Crippen LogP contribution in [0.4, 0.5) is 5.69 Å². The van der Waals surface area contributed by atoms with Crippen LogP contribution >= 0.6 is 0 Å². The summed E-state index contributed by atoms with van der Waals surface area (Å²) in [5.74, 6) is -0.110. The molecule has 0 aliphatic carbocycles. The number of rotatable bonds is 4. The second kappa shape index (κ2) is 8.39. The van der Waals surface area contributed by atoms with E-state index in [1.807, 2.05) is 60.4 Å². The fourth-order valence-electron chi connectivity index (χ4n) is 3.68. The Morgan fingerprint density at radius 2 is 1.66 bits per heavy atom.